The first-order valence-electron chi connectivity index (χ1n) is 6.34. The van der Waals surface area contributed by atoms with Crippen molar-refractivity contribution < 1.29 is 0 Å². The van der Waals surface area contributed by atoms with E-state index in [1.54, 1.807) is 11.3 Å². The lowest BCUT2D eigenvalue weighted by Crippen LogP contribution is -2.44. The highest BCUT2D eigenvalue weighted by molar-refractivity contribution is 7.09. The summed E-state index contributed by atoms with van der Waals surface area (Å²) in [6.45, 7) is 7.29. The van der Waals surface area contributed by atoms with Crippen molar-refractivity contribution >= 4 is 11.3 Å². The van der Waals surface area contributed by atoms with Gasteiger partial charge in [-0.25, -0.2) is 0 Å². The third-order valence-electron chi connectivity index (χ3n) is 3.39. The zero-order valence-electron chi connectivity index (χ0n) is 11.0. The smallest absolute Gasteiger partial charge is 0.107 e. The molecule has 0 aliphatic carbocycles. The highest BCUT2D eigenvalue weighted by atomic mass is 32.1. The molecule has 0 saturated carbocycles. The zero-order valence-corrected chi connectivity index (χ0v) is 11.8. The molecule has 1 aromatic heterocycles. The summed E-state index contributed by atoms with van der Waals surface area (Å²) in [6.07, 6.45) is 2.92. The molecule has 1 aromatic rings. The maximum atomic E-state index is 9.44. The van der Waals surface area contributed by atoms with Crippen LogP contribution in [0.25, 0.3) is 0 Å². The van der Waals surface area contributed by atoms with Gasteiger partial charge in [-0.05, 0) is 30.2 Å². The molecule has 1 rings (SSSR count). The lowest BCUT2D eigenvalue weighted by atomic mass is 9.86. The van der Waals surface area contributed by atoms with Gasteiger partial charge in [0.25, 0.3) is 0 Å². The SMILES string of the molecule is CCC(C)CC(C#N)(CC)NCc1cccs1. The van der Waals surface area contributed by atoms with Crippen molar-refractivity contribution in [1.29, 1.82) is 5.26 Å². The van der Waals surface area contributed by atoms with Crippen molar-refractivity contribution in [2.75, 3.05) is 0 Å². The fourth-order valence-electron chi connectivity index (χ4n) is 1.91. The maximum absolute atomic E-state index is 9.44. The molecule has 17 heavy (non-hydrogen) atoms. The molecule has 94 valence electrons. The van der Waals surface area contributed by atoms with E-state index in [9.17, 15) is 5.26 Å². The number of nitrogens with zero attached hydrogens (tertiary/aromatic N) is 1. The topological polar surface area (TPSA) is 35.8 Å². The van der Waals surface area contributed by atoms with Crippen LogP contribution in [0.2, 0.25) is 0 Å². The van der Waals surface area contributed by atoms with Gasteiger partial charge < -0.3 is 0 Å². The van der Waals surface area contributed by atoms with Gasteiger partial charge in [-0.1, -0.05) is 33.3 Å². The van der Waals surface area contributed by atoms with Crippen molar-refractivity contribution in [2.45, 2.75) is 52.1 Å². The molecule has 0 amide bonds. The Balaban J connectivity index is 2.61. The number of hydrogen-bond donors (Lipinski definition) is 1. The van der Waals surface area contributed by atoms with E-state index in [-0.39, 0.29) is 5.54 Å². The van der Waals surface area contributed by atoms with Gasteiger partial charge >= 0.3 is 0 Å². The van der Waals surface area contributed by atoms with Crippen LogP contribution < -0.4 is 5.32 Å². The molecule has 0 radical (unpaired) electrons. The molecule has 2 nitrogen and oxygen atoms in total. The van der Waals surface area contributed by atoms with Gasteiger partial charge in [0.15, 0.2) is 0 Å². The van der Waals surface area contributed by atoms with Crippen LogP contribution in [0.3, 0.4) is 0 Å². The molecular formula is C14H22N2S. The van der Waals surface area contributed by atoms with Crippen molar-refractivity contribution in [3.8, 4) is 6.07 Å². The molecule has 0 bridgehead atoms. The molecule has 2 unspecified atom stereocenters. The molecule has 0 saturated heterocycles. The Morgan fingerprint density at radius 2 is 2.29 bits per heavy atom. The average Bonchev–Trinajstić information content (AvgIpc) is 2.87. The van der Waals surface area contributed by atoms with Gasteiger partial charge in [-0.2, -0.15) is 5.26 Å². The van der Waals surface area contributed by atoms with Crippen LogP contribution in [-0.4, -0.2) is 5.54 Å². The summed E-state index contributed by atoms with van der Waals surface area (Å²) in [6, 6.07) is 6.65. The minimum atomic E-state index is -0.362. The first-order valence-corrected chi connectivity index (χ1v) is 7.22. The van der Waals surface area contributed by atoms with Crippen molar-refractivity contribution in [2.24, 2.45) is 5.92 Å². The normalized spacial score (nSPS) is 16.1. The fourth-order valence-corrected chi connectivity index (χ4v) is 2.56. The van der Waals surface area contributed by atoms with Crippen molar-refractivity contribution in [3.05, 3.63) is 22.4 Å². The third kappa shape index (κ3) is 4.14. The van der Waals surface area contributed by atoms with E-state index in [1.165, 1.54) is 4.88 Å². The number of thiophene rings is 1. The van der Waals surface area contributed by atoms with Crippen LogP contribution in [0.5, 0.6) is 0 Å². The third-order valence-corrected chi connectivity index (χ3v) is 4.27. The van der Waals surface area contributed by atoms with Gasteiger partial charge in [0.1, 0.15) is 5.54 Å². The summed E-state index contributed by atoms with van der Waals surface area (Å²) in [4.78, 5) is 1.29. The van der Waals surface area contributed by atoms with E-state index in [2.05, 4.69) is 49.7 Å². The van der Waals surface area contributed by atoms with Gasteiger partial charge in [0.05, 0.1) is 6.07 Å². The summed E-state index contributed by atoms with van der Waals surface area (Å²) >= 11 is 1.74. The van der Waals surface area contributed by atoms with Crippen LogP contribution in [-0.2, 0) is 6.54 Å². The average molecular weight is 250 g/mol. The number of nitriles is 1. The van der Waals surface area contributed by atoms with Gasteiger partial charge in [-0.3, -0.25) is 5.32 Å². The van der Waals surface area contributed by atoms with E-state index in [0.29, 0.717) is 5.92 Å². The molecule has 1 N–H and O–H groups in total. The summed E-state index contributed by atoms with van der Waals surface area (Å²) in [5.74, 6) is 0.588. The molecule has 0 spiro atoms. The Bertz CT molecular complexity index is 353. The van der Waals surface area contributed by atoms with Crippen LogP contribution in [0.4, 0.5) is 0 Å². The largest absolute Gasteiger partial charge is 0.294 e. The lowest BCUT2D eigenvalue weighted by Gasteiger charge is -2.29. The van der Waals surface area contributed by atoms with Crippen LogP contribution >= 0.6 is 11.3 Å². The first kappa shape index (κ1) is 14.2. The minimum absolute atomic E-state index is 0.362. The summed E-state index contributed by atoms with van der Waals surface area (Å²) in [7, 11) is 0. The molecule has 0 aromatic carbocycles. The van der Waals surface area contributed by atoms with Crippen LogP contribution in [0.15, 0.2) is 17.5 Å². The lowest BCUT2D eigenvalue weighted by molar-refractivity contribution is 0.312. The predicted molar refractivity (Wildman–Crippen MR) is 73.9 cm³/mol. The Morgan fingerprint density at radius 3 is 2.76 bits per heavy atom. The number of nitrogens with one attached hydrogen (secondary N) is 1. The summed E-state index contributed by atoms with van der Waals surface area (Å²) in [5.41, 5.74) is -0.362. The summed E-state index contributed by atoms with van der Waals surface area (Å²) in [5, 5.41) is 15.0. The second-order valence-electron chi connectivity index (χ2n) is 4.70. The molecule has 0 aliphatic heterocycles. The highest BCUT2D eigenvalue weighted by Gasteiger charge is 2.28. The van der Waals surface area contributed by atoms with Gasteiger partial charge in [-0.15, -0.1) is 11.3 Å². The molecular weight excluding hydrogens is 228 g/mol. The van der Waals surface area contributed by atoms with Gasteiger partial charge in [0.2, 0.25) is 0 Å². The Kier molecular flexibility index (Phi) is 5.67. The Hall–Kier alpha value is -0.850. The van der Waals surface area contributed by atoms with Crippen LogP contribution in [0, 0.1) is 17.2 Å². The van der Waals surface area contributed by atoms with E-state index in [4.69, 9.17) is 0 Å². The van der Waals surface area contributed by atoms with Crippen molar-refractivity contribution in [3.63, 3.8) is 0 Å². The van der Waals surface area contributed by atoms with Gasteiger partial charge in [0, 0.05) is 11.4 Å². The zero-order chi connectivity index (χ0) is 12.7. The van der Waals surface area contributed by atoms with Crippen LogP contribution in [0.1, 0.15) is 44.9 Å². The number of hydrogen-bond acceptors (Lipinski definition) is 3. The van der Waals surface area contributed by atoms with E-state index < -0.39 is 0 Å². The van der Waals surface area contributed by atoms with E-state index in [0.717, 1.165) is 25.8 Å². The first-order chi connectivity index (χ1) is 8.15. The number of rotatable bonds is 7. The fraction of sp³-hybridized carbons (Fsp3) is 0.643. The predicted octanol–water partition coefficient (Wildman–Crippen LogP) is 3.95. The minimum Gasteiger partial charge on any atom is -0.294 e. The molecule has 2 atom stereocenters. The van der Waals surface area contributed by atoms with E-state index >= 15 is 0 Å². The second kappa shape index (κ2) is 6.78. The molecule has 1 heterocycles. The second-order valence-corrected chi connectivity index (χ2v) is 5.73. The molecule has 3 heteroatoms. The Labute approximate surface area is 109 Å². The molecule has 0 fully saturated rings. The Morgan fingerprint density at radius 1 is 1.53 bits per heavy atom. The molecule has 0 aliphatic rings. The highest BCUT2D eigenvalue weighted by Crippen LogP contribution is 2.23. The standard InChI is InChI=1S/C14H22N2S/c1-4-12(3)9-14(5-2,11-15)16-10-13-7-6-8-17-13/h6-8,12,16H,4-5,9-10H2,1-3H3. The van der Waals surface area contributed by atoms with Crippen molar-refractivity contribution in [1.82, 2.24) is 5.32 Å². The monoisotopic (exact) mass is 250 g/mol. The van der Waals surface area contributed by atoms with E-state index in [1.807, 2.05) is 0 Å². The summed E-state index contributed by atoms with van der Waals surface area (Å²) < 4.78 is 0. The maximum Gasteiger partial charge on any atom is 0.107 e. The quantitative estimate of drug-likeness (QED) is 0.795.